The van der Waals surface area contributed by atoms with Gasteiger partial charge in [-0.1, -0.05) is 6.08 Å². The molecule has 1 N–H and O–H groups in total. The summed E-state index contributed by atoms with van der Waals surface area (Å²) in [5.41, 5.74) is 0.825. The van der Waals surface area contributed by atoms with Gasteiger partial charge in [-0.15, -0.1) is 0 Å². The number of hydrogen-bond donors (Lipinski definition) is 1. The lowest BCUT2D eigenvalue weighted by molar-refractivity contribution is 0.171. The number of anilines is 1. The summed E-state index contributed by atoms with van der Waals surface area (Å²) in [7, 11) is -3.03. The molecule has 0 saturated heterocycles. The minimum Gasteiger partial charge on any atom is -0.486 e. The van der Waals surface area contributed by atoms with E-state index in [1.54, 1.807) is 6.08 Å². The number of ether oxygens (including phenoxy) is 2. The molecule has 1 aromatic rings. The van der Waals surface area contributed by atoms with Crippen molar-refractivity contribution in [1.82, 2.24) is 0 Å². The molecule has 0 aromatic heterocycles. The van der Waals surface area contributed by atoms with Crippen LogP contribution in [0, 0.1) is 0 Å². The van der Waals surface area contributed by atoms with Crippen LogP contribution in [0.1, 0.15) is 0 Å². The third-order valence-corrected chi connectivity index (χ3v) is 4.22. The molecule has 1 aromatic carbocycles. The predicted octanol–water partition coefficient (Wildman–Crippen LogP) is 1.18. The highest BCUT2D eigenvalue weighted by Gasteiger charge is 2.22. The van der Waals surface area contributed by atoms with E-state index in [2.05, 4.69) is 5.32 Å². The number of nitrogens with one attached hydrogen (secondary N) is 1. The molecule has 6 heteroatoms. The zero-order chi connectivity index (χ0) is 12.6. The fraction of sp³-hybridized carbons (Fsp3) is 0.333. The Hall–Kier alpha value is -1.69. The molecule has 0 unspecified atom stereocenters. The van der Waals surface area contributed by atoms with Gasteiger partial charge in [-0.05, 0) is 12.1 Å². The molecule has 0 spiro atoms. The summed E-state index contributed by atoms with van der Waals surface area (Å²) in [6.45, 7) is 1.09. The monoisotopic (exact) mass is 267 g/mol. The third kappa shape index (κ3) is 2.28. The molecule has 0 amide bonds. The van der Waals surface area contributed by atoms with Crippen molar-refractivity contribution in [2.24, 2.45) is 0 Å². The van der Waals surface area contributed by atoms with E-state index in [9.17, 15) is 8.42 Å². The number of fused-ring (bicyclic) bond motifs is 1. The van der Waals surface area contributed by atoms with E-state index >= 15 is 0 Å². The van der Waals surface area contributed by atoms with E-state index in [0.717, 1.165) is 11.4 Å². The summed E-state index contributed by atoms with van der Waals surface area (Å²) in [5, 5.41) is 4.40. The largest absolute Gasteiger partial charge is 0.486 e. The molecule has 5 nitrogen and oxygen atoms in total. The highest BCUT2D eigenvalue weighted by atomic mass is 32.2. The van der Waals surface area contributed by atoms with E-state index < -0.39 is 9.84 Å². The van der Waals surface area contributed by atoms with Crippen LogP contribution in [-0.4, -0.2) is 33.4 Å². The Morgan fingerprint density at radius 2 is 1.94 bits per heavy atom. The van der Waals surface area contributed by atoms with Crippen molar-refractivity contribution in [2.45, 2.75) is 6.04 Å². The van der Waals surface area contributed by atoms with Crippen LogP contribution < -0.4 is 14.8 Å². The number of hydrogen-bond acceptors (Lipinski definition) is 5. The van der Waals surface area contributed by atoms with Crippen molar-refractivity contribution in [2.75, 3.05) is 24.3 Å². The van der Waals surface area contributed by atoms with Crippen LogP contribution in [0.15, 0.2) is 29.7 Å². The van der Waals surface area contributed by atoms with Crippen LogP contribution >= 0.6 is 0 Å². The fourth-order valence-electron chi connectivity index (χ4n) is 2.01. The van der Waals surface area contributed by atoms with Gasteiger partial charge in [0.2, 0.25) is 0 Å². The van der Waals surface area contributed by atoms with Gasteiger partial charge in [0.1, 0.15) is 13.2 Å². The van der Waals surface area contributed by atoms with Crippen molar-refractivity contribution < 1.29 is 17.9 Å². The highest BCUT2D eigenvalue weighted by Crippen LogP contribution is 2.33. The van der Waals surface area contributed by atoms with Crippen molar-refractivity contribution in [1.29, 1.82) is 0 Å². The first-order valence-electron chi connectivity index (χ1n) is 5.69. The number of benzene rings is 1. The molecule has 0 radical (unpaired) electrons. The molecule has 0 bridgehead atoms. The van der Waals surface area contributed by atoms with Crippen LogP contribution in [-0.2, 0) is 9.84 Å². The maximum absolute atomic E-state index is 11.3. The lowest BCUT2D eigenvalue weighted by Gasteiger charge is -2.20. The number of rotatable bonds is 2. The zero-order valence-corrected chi connectivity index (χ0v) is 10.4. The van der Waals surface area contributed by atoms with E-state index in [-0.39, 0.29) is 11.8 Å². The second-order valence-electron chi connectivity index (χ2n) is 4.27. The average molecular weight is 267 g/mol. The molecule has 0 aliphatic carbocycles. The van der Waals surface area contributed by atoms with E-state index in [0.29, 0.717) is 19.0 Å². The van der Waals surface area contributed by atoms with Crippen LogP contribution in [0.4, 0.5) is 5.69 Å². The Morgan fingerprint density at radius 3 is 2.67 bits per heavy atom. The predicted molar refractivity (Wildman–Crippen MR) is 67.8 cm³/mol. The Labute approximate surface area is 105 Å². The standard InChI is InChI=1S/C12H13NO4S/c14-18(15)6-3-10(8-18)13-9-1-2-11-12(7-9)17-5-4-16-11/h1-3,6-7,10,13H,4-5,8H2/t10-/m1/s1. The Kier molecular flexibility index (Phi) is 2.66. The second kappa shape index (κ2) is 4.20. The molecule has 2 aliphatic heterocycles. The molecule has 2 heterocycles. The van der Waals surface area contributed by atoms with E-state index in [1.807, 2.05) is 18.2 Å². The zero-order valence-electron chi connectivity index (χ0n) is 9.63. The van der Waals surface area contributed by atoms with Gasteiger partial charge in [0.05, 0.1) is 11.8 Å². The SMILES string of the molecule is O=S1(=O)C=C[C@@H](Nc2ccc3c(c2)OCCO3)C1. The normalized spacial score (nSPS) is 23.9. The first-order chi connectivity index (χ1) is 8.62. The second-order valence-corrected chi connectivity index (χ2v) is 6.20. The minimum absolute atomic E-state index is 0.0987. The van der Waals surface area contributed by atoms with Gasteiger partial charge in [0.15, 0.2) is 21.3 Å². The van der Waals surface area contributed by atoms with Crippen LogP contribution in [0.2, 0.25) is 0 Å². The molecule has 0 fully saturated rings. The van der Waals surface area contributed by atoms with E-state index in [1.165, 1.54) is 5.41 Å². The summed E-state index contributed by atoms with van der Waals surface area (Å²) in [5.74, 6) is 1.51. The first-order valence-corrected chi connectivity index (χ1v) is 7.41. The lowest BCUT2D eigenvalue weighted by Crippen LogP contribution is -2.21. The Bertz CT molecular complexity index is 594. The molecule has 18 heavy (non-hydrogen) atoms. The van der Waals surface area contributed by atoms with E-state index in [4.69, 9.17) is 9.47 Å². The molecular weight excluding hydrogens is 254 g/mol. The lowest BCUT2D eigenvalue weighted by atomic mass is 10.2. The van der Waals surface area contributed by atoms with Gasteiger partial charge >= 0.3 is 0 Å². The first kappa shape index (κ1) is 11.4. The highest BCUT2D eigenvalue weighted by molar-refractivity contribution is 7.94. The van der Waals surface area contributed by atoms with Gasteiger partial charge < -0.3 is 14.8 Å². The summed E-state index contributed by atoms with van der Waals surface area (Å²) >= 11 is 0. The van der Waals surface area contributed by atoms with Crippen LogP contribution in [0.3, 0.4) is 0 Å². The maximum Gasteiger partial charge on any atom is 0.173 e. The molecule has 2 aliphatic rings. The topological polar surface area (TPSA) is 64.6 Å². The van der Waals surface area contributed by atoms with Gasteiger partial charge in [-0.25, -0.2) is 8.42 Å². The summed E-state index contributed by atoms with van der Waals surface area (Å²) in [4.78, 5) is 0. The van der Waals surface area contributed by atoms with Crippen LogP contribution in [0.25, 0.3) is 0 Å². The van der Waals surface area contributed by atoms with Gasteiger partial charge in [-0.2, -0.15) is 0 Å². The smallest absolute Gasteiger partial charge is 0.173 e. The maximum atomic E-state index is 11.3. The quantitative estimate of drug-likeness (QED) is 0.871. The molecular formula is C12H13NO4S. The van der Waals surface area contributed by atoms with Crippen molar-refractivity contribution in [3.63, 3.8) is 0 Å². The Morgan fingerprint density at radius 1 is 1.17 bits per heavy atom. The molecule has 96 valence electrons. The number of sulfone groups is 1. The summed E-state index contributed by atoms with van der Waals surface area (Å²) in [6, 6.07) is 5.32. The fourth-order valence-corrected chi connectivity index (χ4v) is 3.25. The molecule has 3 rings (SSSR count). The average Bonchev–Trinajstić information content (AvgIpc) is 2.68. The minimum atomic E-state index is -3.03. The van der Waals surface area contributed by atoms with Gasteiger partial charge in [-0.3, -0.25) is 0 Å². The van der Waals surface area contributed by atoms with Gasteiger partial charge in [0, 0.05) is 17.2 Å². The van der Waals surface area contributed by atoms with Crippen molar-refractivity contribution in [3.8, 4) is 11.5 Å². The molecule has 1 atom stereocenters. The van der Waals surface area contributed by atoms with Crippen LogP contribution in [0.5, 0.6) is 11.5 Å². The van der Waals surface area contributed by atoms with Crippen molar-refractivity contribution in [3.05, 3.63) is 29.7 Å². The summed E-state index contributed by atoms with van der Waals surface area (Å²) < 4.78 is 33.5. The summed E-state index contributed by atoms with van der Waals surface area (Å²) in [6.07, 6.45) is 1.66. The molecule has 0 saturated carbocycles. The Balaban J connectivity index is 1.76. The van der Waals surface area contributed by atoms with Gasteiger partial charge in [0.25, 0.3) is 0 Å². The van der Waals surface area contributed by atoms with Crippen molar-refractivity contribution >= 4 is 15.5 Å². The third-order valence-electron chi connectivity index (χ3n) is 2.82.